The molecule has 1 amide bonds. The molecule has 96 valence electrons. The first kappa shape index (κ1) is 12.9. The van der Waals surface area contributed by atoms with E-state index in [1.165, 1.54) is 0 Å². The number of aromatic nitrogens is 2. The summed E-state index contributed by atoms with van der Waals surface area (Å²) in [5.74, 6) is 0.461. The highest BCUT2D eigenvalue weighted by atomic mass is 79.9. The molecule has 0 aliphatic heterocycles. The molecule has 0 spiro atoms. The third-order valence-electron chi connectivity index (χ3n) is 2.68. The second kappa shape index (κ2) is 5.39. The van der Waals surface area contributed by atoms with E-state index in [-0.39, 0.29) is 5.91 Å². The number of carbonyl (C=O) groups excluding carboxylic acids is 1. The first-order valence-corrected chi connectivity index (χ1v) is 6.59. The molecule has 0 saturated heterocycles. The highest BCUT2D eigenvalue weighted by Crippen LogP contribution is 2.22. The van der Waals surface area contributed by atoms with Crippen LogP contribution in [0.1, 0.15) is 13.3 Å². The number of benzene rings is 1. The smallest absolute Gasteiger partial charge is 0.221 e. The Morgan fingerprint density at radius 2 is 2.33 bits per heavy atom. The molecule has 18 heavy (non-hydrogen) atoms. The summed E-state index contributed by atoms with van der Waals surface area (Å²) in [6.45, 7) is 3.08. The summed E-state index contributed by atoms with van der Waals surface area (Å²) in [6, 6.07) is 5.79. The molecule has 6 heteroatoms. The van der Waals surface area contributed by atoms with Crippen molar-refractivity contribution in [2.75, 3.05) is 12.3 Å². The number of amides is 1. The number of hydrogen-bond acceptors (Lipinski definition) is 3. The number of imidazole rings is 1. The van der Waals surface area contributed by atoms with Crippen molar-refractivity contribution >= 4 is 38.8 Å². The Morgan fingerprint density at radius 3 is 3.06 bits per heavy atom. The van der Waals surface area contributed by atoms with Crippen LogP contribution in [0.25, 0.3) is 11.0 Å². The second-order valence-corrected chi connectivity index (χ2v) is 4.87. The van der Waals surface area contributed by atoms with Crippen LogP contribution in [0.3, 0.4) is 0 Å². The van der Waals surface area contributed by atoms with Gasteiger partial charge in [0, 0.05) is 24.0 Å². The Morgan fingerprint density at radius 1 is 1.56 bits per heavy atom. The standard InChI is InChI=1S/C12H15BrN4O/c1-2-15-11(18)5-6-17-10-4-3-8(13)7-9(10)16-12(17)14/h3-4,7H,2,5-6H2,1H3,(H2,14,16)(H,15,18). The topological polar surface area (TPSA) is 72.9 Å². The van der Waals surface area contributed by atoms with Crippen molar-refractivity contribution in [2.45, 2.75) is 19.9 Å². The monoisotopic (exact) mass is 310 g/mol. The van der Waals surface area contributed by atoms with Crippen molar-refractivity contribution in [1.29, 1.82) is 0 Å². The predicted octanol–water partition coefficient (Wildman–Crippen LogP) is 1.91. The Balaban J connectivity index is 2.22. The van der Waals surface area contributed by atoms with Gasteiger partial charge in [0.05, 0.1) is 11.0 Å². The first-order valence-electron chi connectivity index (χ1n) is 5.79. The largest absolute Gasteiger partial charge is 0.369 e. The molecule has 5 nitrogen and oxygen atoms in total. The minimum Gasteiger partial charge on any atom is -0.369 e. The average molecular weight is 311 g/mol. The number of anilines is 1. The Kier molecular flexibility index (Phi) is 3.86. The lowest BCUT2D eigenvalue weighted by molar-refractivity contribution is -0.121. The maximum atomic E-state index is 11.4. The molecule has 1 heterocycles. The van der Waals surface area contributed by atoms with E-state index < -0.39 is 0 Å². The number of nitrogens with one attached hydrogen (secondary N) is 1. The fraction of sp³-hybridized carbons (Fsp3) is 0.333. The molecule has 0 radical (unpaired) electrons. The third kappa shape index (κ3) is 2.64. The summed E-state index contributed by atoms with van der Waals surface area (Å²) >= 11 is 3.39. The van der Waals surface area contributed by atoms with Gasteiger partial charge in [-0.1, -0.05) is 15.9 Å². The van der Waals surface area contributed by atoms with Crippen LogP contribution in [0.15, 0.2) is 22.7 Å². The molecule has 0 fully saturated rings. The Bertz CT molecular complexity index is 579. The zero-order chi connectivity index (χ0) is 13.1. The highest BCUT2D eigenvalue weighted by molar-refractivity contribution is 9.10. The summed E-state index contributed by atoms with van der Waals surface area (Å²) in [7, 11) is 0. The van der Waals surface area contributed by atoms with Gasteiger partial charge in [0.2, 0.25) is 11.9 Å². The molecule has 0 saturated carbocycles. The molecule has 1 aromatic carbocycles. The van der Waals surface area contributed by atoms with Crippen LogP contribution in [0.4, 0.5) is 5.95 Å². The molecule has 0 atom stereocenters. The number of nitrogens with two attached hydrogens (primary N) is 1. The molecular formula is C12H15BrN4O. The van der Waals surface area contributed by atoms with E-state index in [0.29, 0.717) is 25.5 Å². The number of fused-ring (bicyclic) bond motifs is 1. The Hall–Kier alpha value is -1.56. The van der Waals surface area contributed by atoms with Crippen LogP contribution in [-0.2, 0) is 11.3 Å². The zero-order valence-electron chi connectivity index (χ0n) is 10.1. The van der Waals surface area contributed by atoms with E-state index in [1.807, 2.05) is 29.7 Å². The first-order chi connectivity index (χ1) is 8.61. The van der Waals surface area contributed by atoms with Gasteiger partial charge in [0.1, 0.15) is 0 Å². The quantitative estimate of drug-likeness (QED) is 0.906. The minimum atomic E-state index is 0.0239. The SMILES string of the molecule is CCNC(=O)CCn1c(N)nc2cc(Br)ccc21. The van der Waals surface area contributed by atoms with E-state index in [4.69, 9.17) is 5.73 Å². The summed E-state index contributed by atoms with van der Waals surface area (Å²) in [5, 5.41) is 2.76. The summed E-state index contributed by atoms with van der Waals surface area (Å²) < 4.78 is 2.82. The molecule has 2 rings (SSSR count). The van der Waals surface area contributed by atoms with Crippen molar-refractivity contribution in [1.82, 2.24) is 14.9 Å². The summed E-state index contributed by atoms with van der Waals surface area (Å²) in [6.07, 6.45) is 0.402. The normalized spacial score (nSPS) is 10.8. The lowest BCUT2D eigenvalue weighted by Gasteiger charge is -2.06. The predicted molar refractivity (Wildman–Crippen MR) is 75.1 cm³/mol. The van der Waals surface area contributed by atoms with Gasteiger partial charge in [-0.2, -0.15) is 0 Å². The van der Waals surface area contributed by atoms with Gasteiger partial charge in [-0.25, -0.2) is 4.98 Å². The number of halogens is 1. The van der Waals surface area contributed by atoms with Crippen molar-refractivity contribution in [3.63, 3.8) is 0 Å². The molecule has 0 bridgehead atoms. The molecule has 3 N–H and O–H groups in total. The number of hydrogen-bond donors (Lipinski definition) is 2. The van der Waals surface area contributed by atoms with Gasteiger partial charge in [0.25, 0.3) is 0 Å². The van der Waals surface area contributed by atoms with Gasteiger partial charge in [-0.3, -0.25) is 4.79 Å². The van der Waals surface area contributed by atoms with E-state index in [0.717, 1.165) is 15.5 Å². The lowest BCUT2D eigenvalue weighted by atomic mass is 10.3. The van der Waals surface area contributed by atoms with Gasteiger partial charge in [-0.15, -0.1) is 0 Å². The molecule has 1 aromatic heterocycles. The number of carbonyl (C=O) groups is 1. The van der Waals surface area contributed by atoms with Crippen molar-refractivity contribution < 1.29 is 4.79 Å². The van der Waals surface area contributed by atoms with Crippen LogP contribution in [0.2, 0.25) is 0 Å². The molecule has 0 aliphatic carbocycles. The summed E-state index contributed by atoms with van der Waals surface area (Å²) in [5.41, 5.74) is 7.64. The number of nitrogen functional groups attached to an aromatic ring is 1. The van der Waals surface area contributed by atoms with Crippen LogP contribution in [0, 0.1) is 0 Å². The van der Waals surface area contributed by atoms with E-state index in [1.54, 1.807) is 0 Å². The number of aryl methyl sites for hydroxylation is 1. The van der Waals surface area contributed by atoms with Gasteiger partial charge >= 0.3 is 0 Å². The maximum Gasteiger partial charge on any atom is 0.221 e. The molecule has 0 aliphatic rings. The molecule has 2 aromatic rings. The van der Waals surface area contributed by atoms with E-state index in [2.05, 4.69) is 26.2 Å². The molecule has 0 unspecified atom stereocenters. The number of rotatable bonds is 4. The van der Waals surface area contributed by atoms with Crippen LogP contribution >= 0.6 is 15.9 Å². The van der Waals surface area contributed by atoms with E-state index >= 15 is 0 Å². The highest BCUT2D eigenvalue weighted by Gasteiger charge is 2.09. The minimum absolute atomic E-state index is 0.0239. The van der Waals surface area contributed by atoms with Crippen molar-refractivity contribution in [2.24, 2.45) is 0 Å². The van der Waals surface area contributed by atoms with Crippen molar-refractivity contribution in [3.05, 3.63) is 22.7 Å². The van der Waals surface area contributed by atoms with Crippen LogP contribution < -0.4 is 11.1 Å². The van der Waals surface area contributed by atoms with Crippen LogP contribution in [0.5, 0.6) is 0 Å². The third-order valence-corrected chi connectivity index (χ3v) is 3.17. The summed E-state index contributed by atoms with van der Waals surface area (Å²) in [4.78, 5) is 15.7. The maximum absolute atomic E-state index is 11.4. The van der Waals surface area contributed by atoms with Crippen LogP contribution in [-0.4, -0.2) is 22.0 Å². The fourth-order valence-electron chi connectivity index (χ4n) is 1.86. The van der Waals surface area contributed by atoms with Crippen molar-refractivity contribution in [3.8, 4) is 0 Å². The van der Waals surface area contributed by atoms with E-state index in [9.17, 15) is 4.79 Å². The van der Waals surface area contributed by atoms with Gasteiger partial charge < -0.3 is 15.6 Å². The molecular weight excluding hydrogens is 296 g/mol. The van der Waals surface area contributed by atoms with Gasteiger partial charge in [-0.05, 0) is 25.1 Å². The number of nitrogens with zero attached hydrogens (tertiary/aromatic N) is 2. The fourth-order valence-corrected chi connectivity index (χ4v) is 2.20. The van der Waals surface area contributed by atoms with Gasteiger partial charge in [0.15, 0.2) is 0 Å². The average Bonchev–Trinajstić information content (AvgIpc) is 2.61. The Labute approximate surface area is 113 Å². The zero-order valence-corrected chi connectivity index (χ0v) is 11.7. The lowest BCUT2D eigenvalue weighted by Crippen LogP contribution is -2.24. The second-order valence-electron chi connectivity index (χ2n) is 3.96.